The van der Waals surface area contributed by atoms with Crippen molar-refractivity contribution in [3.05, 3.63) is 88.7 Å². The topological polar surface area (TPSA) is 129 Å². The smallest absolute Gasteiger partial charge is 0.251 e. The van der Waals surface area contributed by atoms with Crippen molar-refractivity contribution >= 4 is 28.5 Å². The third-order valence-electron chi connectivity index (χ3n) is 6.40. The van der Waals surface area contributed by atoms with Crippen molar-refractivity contribution in [1.29, 1.82) is 5.41 Å². The number of hydrogen-bond acceptors (Lipinski definition) is 5. The molecule has 0 fully saturated rings. The standard InChI is InChI=1S/C30H36N6O2/c1-18(2)13-26(29(31)32)36-30(37)21-11-12-27(38-17-28-34-23-7-5-6-8-24(23)35-28)25(15-21)33-16-22-10-9-19(3)14-20(22)4/h5-12,14-15,18,26,33H,13,16-17H2,1-4H3,(H3,31,32)(H,34,35)(H,36,37). The van der Waals surface area contributed by atoms with Crippen LogP contribution in [-0.4, -0.2) is 27.8 Å². The van der Waals surface area contributed by atoms with E-state index in [1.165, 1.54) is 11.1 Å². The van der Waals surface area contributed by atoms with Crippen LogP contribution in [0.15, 0.2) is 60.7 Å². The largest absolute Gasteiger partial charge is 0.484 e. The number of rotatable bonds is 11. The number of aryl methyl sites for hydroxylation is 2. The number of ether oxygens (including phenoxy) is 1. The quantitative estimate of drug-likeness (QED) is 0.135. The first-order valence-electron chi connectivity index (χ1n) is 12.8. The van der Waals surface area contributed by atoms with Gasteiger partial charge in [-0.05, 0) is 67.6 Å². The number of amidine groups is 1. The van der Waals surface area contributed by atoms with Gasteiger partial charge < -0.3 is 26.1 Å². The van der Waals surface area contributed by atoms with Crippen LogP contribution in [0.5, 0.6) is 5.75 Å². The summed E-state index contributed by atoms with van der Waals surface area (Å²) in [7, 11) is 0. The van der Waals surface area contributed by atoms with E-state index in [1.54, 1.807) is 18.2 Å². The Morgan fingerprint density at radius 2 is 1.89 bits per heavy atom. The fourth-order valence-electron chi connectivity index (χ4n) is 4.37. The summed E-state index contributed by atoms with van der Waals surface area (Å²) in [6.45, 7) is 9.05. The van der Waals surface area contributed by atoms with E-state index in [1.807, 2.05) is 38.1 Å². The van der Waals surface area contributed by atoms with Gasteiger partial charge in [-0.1, -0.05) is 49.7 Å². The number of aromatic amines is 1. The molecule has 4 rings (SSSR count). The van der Waals surface area contributed by atoms with Crippen molar-refractivity contribution < 1.29 is 9.53 Å². The van der Waals surface area contributed by atoms with Gasteiger partial charge in [0.2, 0.25) is 0 Å². The first-order valence-corrected chi connectivity index (χ1v) is 12.8. The second-order valence-corrected chi connectivity index (χ2v) is 10.1. The number of aromatic nitrogens is 2. The first-order chi connectivity index (χ1) is 18.2. The molecule has 1 aromatic heterocycles. The Balaban J connectivity index is 1.56. The predicted octanol–water partition coefficient (Wildman–Crippen LogP) is 5.45. The maximum Gasteiger partial charge on any atom is 0.251 e. The van der Waals surface area contributed by atoms with Crippen LogP contribution in [0.1, 0.15) is 53.1 Å². The number of nitrogens with zero attached hydrogens (tertiary/aromatic N) is 1. The second kappa shape index (κ2) is 11.8. The number of carbonyl (C=O) groups is 1. The van der Waals surface area contributed by atoms with Crippen LogP contribution >= 0.6 is 0 Å². The van der Waals surface area contributed by atoms with Crippen molar-refractivity contribution in [1.82, 2.24) is 15.3 Å². The zero-order chi connectivity index (χ0) is 27.2. The van der Waals surface area contributed by atoms with E-state index in [2.05, 4.69) is 52.6 Å². The summed E-state index contributed by atoms with van der Waals surface area (Å²) < 4.78 is 6.16. The summed E-state index contributed by atoms with van der Waals surface area (Å²) in [5.74, 6) is 1.27. The molecule has 0 bridgehead atoms. The molecular weight excluding hydrogens is 476 g/mol. The molecule has 0 radical (unpaired) electrons. The fourth-order valence-corrected chi connectivity index (χ4v) is 4.37. The summed E-state index contributed by atoms with van der Waals surface area (Å²) >= 11 is 0. The van der Waals surface area contributed by atoms with Crippen molar-refractivity contribution in [3.63, 3.8) is 0 Å². The van der Waals surface area contributed by atoms with Gasteiger partial charge >= 0.3 is 0 Å². The molecule has 3 aromatic carbocycles. The number of nitrogens with one attached hydrogen (secondary N) is 4. The molecule has 8 nitrogen and oxygen atoms in total. The molecule has 0 aliphatic rings. The zero-order valence-electron chi connectivity index (χ0n) is 22.4. The maximum absolute atomic E-state index is 13.1. The number of amides is 1. The van der Waals surface area contributed by atoms with Gasteiger partial charge in [0.1, 0.15) is 24.0 Å². The summed E-state index contributed by atoms with van der Waals surface area (Å²) in [4.78, 5) is 21.0. The monoisotopic (exact) mass is 512 g/mol. The maximum atomic E-state index is 13.1. The number of carbonyl (C=O) groups excluding carboxylic acids is 1. The van der Waals surface area contributed by atoms with E-state index in [0.29, 0.717) is 35.8 Å². The minimum atomic E-state index is -0.516. The number of fused-ring (bicyclic) bond motifs is 1. The lowest BCUT2D eigenvalue weighted by atomic mass is 10.0. The van der Waals surface area contributed by atoms with Crippen molar-refractivity contribution in [2.24, 2.45) is 11.7 Å². The Labute approximate surface area is 223 Å². The van der Waals surface area contributed by atoms with Gasteiger partial charge in [-0.25, -0.2) is 4.98 Å². The highest BCUT2D eigenvalue weighted by molar-refractivity contribution is 5.98. The second-order valence-electron chi connectivity index (χ2n) is 10.1. The lowest BCUT2D eigenvalue weighted by Crippen LogP contribution is -2.44. The molecule has 0 aliphatic carbocycles. The molecular formula is C30H36N6O2. The molecule has 38 heavy (non-hydrogen) atoms. The van der Waals surface area contributed by atoms with Crippen LogP contribution in [0, 0.1) is 25.2 Å². The van der Waals surface area contributed by atoms with E-state index in [9.17, 15) is 4.79 Å². The fraction of sp³-hybridized carbons (Fsp3) is 0.300. The van der Waals surface area contributed by atoms with Crippen LogP contribution in [0.25, 0.3) is 11.0 Å². The molecule has 0 saturated heterocycles. The summed E-state index contributed by atoms with van der Waals surface area (Å²) in [6, 6.07) is 18.9. The van der Waals surface area contributed by atoms with E-state index in [-0.39, 0.29) is 24.3 Å². The van der Waals surface area contributed by atoms with Crippen molar-refractivity contribution in [3.8, 4) is 5.75 Å². The zero-order valence-corrected chi connectivity index (χ0v) is 22.4. The highest BCUT2D eigenvalue weighted by Gasteiger charge is 2.19. The normalized spacial score (nSPS) is 11.9. The number of hydrogen-bond donors (Lipinski definition) is 5. The minimum absolute atomic E-state index is 0.0500. The Morgan fingerprint density at radius 3 is 2.61 bits per heavy atom. The average Bonchev–Trinajstić information content (AvgIpc) is 3.29. The van der Waals surface area contributed by atoms with Gasteiger partial charge in [-0.2, -0.15) is 0 Å². The van der Waals surface area contributed by atoms with Crippen LogP contribution < -0.4 is 21.1 Å². The Bertz CT molecular complexity index is 1410. The number of imidazole rings is 1. The SMILES string of the molecule is Cc1ccc(CNc2cc(C(=O)NC(CC(C)C)C(=N)N)ccc2OCc2nc3ccccc3[nH]2)c(C)c1. The van der Waals surface area contributed by atoms with Gasteiger partial charge in [0.25, 0.3) is 5.91 Å². The highest BCUT2D eigenvalue weighted by atomic mass is 16.5. The molecule has 6 N–H and O–H groups in total. The molecule has 1 amide bonds. The third kappa shape index (κ3) is 6.70. The van der Waals surface area contributed by atoms with Crippen LogP contribution in [-0.2, 0) is 13.2 Å². The number of nitrogens with two attached hydrogens (primary N) is 1. The van der Waals surface area contributed by atoms with Crippen LogP contribution in [0.2, 0.25) is 0 Å². The molecule has 0 saturated carbocycles. The van der Waals surface area contributed by atoms with E-state index in [4.69, 9.17) is 15.9 Å². The molecule has 1 atom stereocenters. The Kier molecular flexibility index (Phi) is 8.31. The van der Waals surface area contributed by atoms with Gasteiger partial charge in [-0.15, -0.1) is 0 Å². The first kappa shape index (κ1) is 26.7. The van der Waals surface area contributed by atoms with E-state index >= 15 is 0 Å². The summed E-state index contributed by atoms with van der Waals surface area (Å²) in [5.41, 5.74) is 12.3. The van der Waals surface area contributed by atoms with Gasteiger partial charge in [0.05, 0.1) is 22.8 Å². The molecule has 0 spiro atoms. The minimum Gasteiger partial charge on any atom is -0.484 e. The molecule has 0 aliphatic heterocycles. The third-order valence-corrected chi connectivity index (χ3v) is 6.40. The summed E-state index contributed by atoms with van der Waals surface area (Å²) in [6.07, 6.45) is 0.595. The molecule has 4 aromatic rings. The van der Waals surface area contributed by atoms with Gasteiger partial charge in [0, 0.05) is 12.1 Å². The van der Waals surface area contributed by atoms with Crippen LogP contribution in [0.3, 0.4) is 0 Å². The molecule has 198 valence electrons. The number of benzene rings is 3. The predicted molar refractivity (Wildman–Crippen MR) is 153 cm³/mol. The van der Waals surface area contributed by atoms with E-state index in [0.717, 1.165) is 16.6 Å². The molecule has 1 heterocycles. The Hall–Kier alpha value is -4.33. The van der Waals surface area contributed by atoms with Crippen molar-refractivity contribution in [2.75, 3.05) is 5.32 Å². The summed E-state index contributed by atoms with van der Waals surface area (Å²) in [5, 5.41) is 14.2. The number of para-hydroxylation sites is 2. The Morgan fingerprint density at radius 1 is 1.11 bits per heavy atom. The van der Waals surface area contributed by atoms with Crippen molar-refractivity contribution in [2.45, 2.75) is 53.3 Å². The average molecular weight is 513 g/mol. The lowest BCUT2D eigenvalue weighted by molar-refractivity contribution is 0.0943. The van der Waals surface area contributed by atoms with E-state index < -0.39 is 6.04 Å². The number of H-pyrrole nitrogens is 1. The number of anilines is 1. The van der Waals surface area contributed by atoms with Gasteiger partial charge in [-0.3, -0.25) is 10.2 Å². The van der Waals surface area contributed by atoms with Gasteiger partial charge in [0.15, 0.2) is 0 Å². The molecule has 8 heteroatoms. The molecule has 1 unspecified atom stereocenters. The lowest BCUT2D eigenvalue weighted by Gasteiger charge is -2.20. The van der Waals surface area contributed by atoms with Crippen LogP contribution in [0.4, 0.5) is 5.69 Å². The highest BCUT2D eigenvalue weighted by Crippen LogP contribution is 2.28.